The average Bonchev–Trinajstić information content (AvgIpc) is 2.68. The number of benzene rings is 1. The van der Waals surface area contributed by atoms with Crippen molar-refractivity contribution >= 4 is 23.2 Å². The van der Waals surface area contributed by atoms with Gasteiger partial charge in [-0.2, -0.15) is 0 Å². The van der Waals surface area contributed by atoms with Crippen molar-refractivity contribution in [2.24, 2.45) is 0 Å². The predicted octanol–water partition coefficient (Wildman–Crippen LogP) is 2.61. The summed E-state index contributed by atoms with van der Waals surface area (Å²) in [6, 6.07) is 13.8. The first-order valence-electron chi connectivity index (χ1n) is 9.10. The van der Waals surface area contributed by atoms with Gasteiger partial charge in [0.2, 0.25) is 5.91 Å². The Labute approximate surface area is 160 Å². The van der Waals surface area contributed by atoms with Crippen molar-refractivity contribution in [2.75, 3.05) is 44.2 Å². The van der Waals surface area contributed by atoms with Gasteiger partial charge in [0.25, 0.3) is 0 Å². The summed E-state index contributed by atoms with van der Waals surface area (Å²) in [6.45, 7) is 5.29. The third kappa shape index (κ3) is 5.71. The van der Waals surface area contributed by atoms with Crippen LogP contribution in [0.15, 0.2) is 48.7 Å². The van der Waals surface area contributed by atoms with Crippen molar-refractivity contribution in [2.45, 2.75) is 12.8 Å². The third-order valence-corrected chi connectivity index (χ3v) is 4.87. The molecule has 0 bridgehead atoms. The minimum atomic E-state index is 0.109. The zero-order valence-corrected chi connectivity index (χ0v) is 15.7. The summed E-state index contributed by atoms with van der Waals surface area (Å²) in [5.41, 5.74) is 2.18. The highest BCUT2D eigenvalue weighted by Gasteiger charge is 2.17. The predicted molar refractivity (Wildman–Crippen MR) is 106 cm³/mol. The monoisotopic (exact) mass is 372 g/mol. The van der Waals surface area contributed by atoms with Gasteiger partial charge in [0.1, 0.15) is 0 Å². The number of aromatic nitrogens is 1. The number of nitrogens with zero attached hydrogens (tertiary/aromatic N) is 3. The molecule has 3 rings (SSSR count). The lowest BCUT2D eigenvalue weighted by Crippen LogP contribution is -2.47. The van der Waals surface area contributed by atoms with Crippen LogP contribution in [0.2, 0.25) is 5.02 Å². The minimum absolute atomic E-state index is 0.109. The Morgan fingerprint density at radius 3 is 2.69 bits per heavy atom. The summed E-state index contributed by atoms with van der Waals surface area (Å²) in [7, 11) is 0. The van der Waals surface area contributed by atoms with E-state index in [1.165, 1.54) is 5.69 Å². The van der Waals surface area contributed by atoms with Gasteiger partial charge in [0.05, 0.1) is 0 Å². The standard InChI is InChI=1S/C20H25ClN4O/c21-17-4-3-6-19(16-17)25-14-12-24(13-15-25)11-8-20(26)23-10-7-18-5-1-2-9-22-18/h1-6,9,16H,7-8,10-15H2,(H,23,26). The number of rotatable bonds is 7. The zero-order valence-electron chi connectivity index (χ0n) is 14.9. The second kappa shape index (κ2) is 9.55. The number of carbonyl (C=O) groups excluding carboxylic acids is 1. The average molecular weight is 373 g/mol. The van der Waals surface area contributed by atoms with Crippen LogP contribution in [0.1, 0.15) is 12.1 Å². The molecule has 1 saturated heterocycles. The Morgan fingerprint density at radius 2 is 1.96 bits per heavy atom. The summed E-state index contributed by atoms with van der Waals surface area (Å²) in [5, 5.41) is 3.75. The van der Waals surface area contributed by atoms with Gasteiger partial charge in [-0.25, -0.2) is 0 Å². The third-order valence-electron chi connectivity index (χ3n) is 4.63. The van der Waals surface area contributed by atoms with Crippen molar-refractivity contribution < 1.29 is 4.79 Å². The smallest absolute Gasteiger partial charge is 0.221 e. The van der Waals surface area contributed by atoms with Crippen molar-refractivity contribution in [1.82, 2.24) is 15.2 Å². The molecule has 1 aromatic heterocycles. The molecule has 1 aliphatic heterocycles. The Bertz CT molecular complexity index is 702. The molecule has 26 heavy (non-hydrogen) atoms. The van der Waals surface area contributed by atoms with Crippen LogP contribution in [0.4, 0.5) is 5.69 Å². The van der Waals surface area contributed by atoms with Crippen molar-refractivity contribution in [3.05, 3.63) is 59.4 Å². The molecule has 0 atom stereocenters. The second-order valence-corrected chi connectivity index (χ2v) is 6.92. The lowest BCUT2D eigenvalue weighted by atomic mass is 10.2. The fourth-order valence-electron chi connectivity index (χ4n) is 3.13. The van der Waals surface area contributed by atoms with E-state index in [1.807, 2.05) is 36.4 Å². The Hall–Kier alpha value is -2.11. The van der Waals surface area contributed by atoms with Gasteiger partial charge >= 0.3 is 0 Å². The summed E-state index contributed by atoms with van der Waals surface area (Å²) in [6.07, 6.45) is 3.09. The van der Waals surface area contributed by atoms with E-state index in [9.17, 15) is 4.79 Å². The van der Waals surface area contributed by atoms with Crippen LogP contribution < -0.4 is 10.2 Å². The molecule has 0 spiro atoms. The largest absolute Gasteiger partial charge is 0.369 e. The maximum absolute atomic E-state index is 12.0. The molecular formula is C20H25ClN4O. The Kier molecular flexibility index (Phi) is 6.86. The molecule has 1 amide bonds. The number of amides is 1. The van der Waals surface area contributed by atoms with Gasteiger partial charge in [0.15, 0.2) is 0 Å². The molecule has 1 N–H and O–H groups in total. The molecule has 5 nitrogen and oxygen atoms in total. The number of hydrogen-bond acceptors (Lipinski definition) is 4. The van der Waals surface area contributed by atoms with E-state index < -0.39 is 0 Å². The van der Waals surface area contributed by atoms with Crippen LogP contribution in [-0.2, 0) is 11.2 Å². The first-order valence-corrected chi connectivity index (χ1v) is 9.48. The SMILES string of the molecule is O=C(CCN1CCN(c2cccc(Cl)c2)CC1)NCCc1ccccn1. The van der Waals surface area contributed by atoms with E-state index in [-0.39, 0.29) is 5.91 Å². The molecule has 2 heterocycles. The number of hydrogen-bond donors (Lipinski definition) is 1. The maximum atomic E-state index is 12.0. The topological polar surface area (TPSA) is 48.5 Å². The molecule has 0 radical (unpaired) electrons. The summed E-state index contributed by atoms with van der Waals surface area (Å²) in [5.74, 6) is 0.109. The van der Waals surface area contributed by atoms with Crippen LogP contribution in [0.25, 0.3) is 0 Å². The number of pyridine rings is 1. The van der Waals surface area contributed by atoms with Crippen molar-refractivity contribution in [3.8, 4) is 0 Å². The van der Waals surface area contributed by atoms with Crippen molar-refractivity contribution in [1.29, 1.82) is 0 Å². The number of piperazine rings is 1. The summed E-state index contributed by atoms with van der Waals surface area (Å²) in [4.78, 5) is 21.0. The zero-order chi connectivity index (χ0) is 18.2. The number of anilines is 1. The molecular weight excluding hydrogens is 348 g/mol. The molecule has 0 unspecified atom stereocenters. The lowest BCUT2D eigenvalue weighted by molar-refractivity contribution is -0.121. The van der Waals surface area contributed by atoms with E-state index in [0.717, 1.165) is 49.9 Å². The van der Waals surface area contributed by atoms with Gasteiger partial charge in [-0.15, -0.1) is 0 Å². The minimum Gasteiger partial charge on any atom is -0.369 e. The van der Waals surface area contributed by atoms with E-state index in [1.54, 1.807) is 6.20 Å². The van der Waals surface area contributed by atoms with Gasteiger partial charge in [-0.1, -0.05) is 23.7 Å². The number of carbonyl (C=O) groups is 1. The second-order valence-electron chi connectivity index (χ2n) is 6.48. The normalized spacial score (nSPS) is 15.0. The summed E-state index contributed by atoms with van der Waals surface area (Å²) < 4.78 is 0. The van der Waals surface area contributed by atoms with E-state index in [2.05, 4.69) is 26.2 Å². The van der Waals surface area contributed by atoms with Crippen LogP contribution in [0.5, 0.6) is 0 Å². The highest BCUT2D eigenvalue weighted by molar-refractivity contribution is 6.30. The fraction of sp³-hybridized carbons (Fsp3) is 0.400. The number of halogens is 1. The molecule has 1 aromatic carbocycles. The quantitative estimate of drug-likeness (QED) is 0.811. The van der Waals surface area contributed by atoms with Crippen molar-refractivity contribution in [3.63, 3.8) is 0 Å². The Balaban J connectivity index is 1.32. The molecule has 1 aliphatic rings. The highest BCUT2D eigenvalue weighted by atomic mass is 35.5. The number of nitrogens with one attached hydrogen (secondary N) is 1. The molecule has 2 aromatic rings. The first-order chi connectivity index (χ1) is 12.7. The van der Waals surface area contributed by atoms with Gasteiger partial charge in [0, 0.05) is 74.7 Å². The Morgan fingerprint density at radius 1 is 1.12 bits per heavy atom. The van der Waals surface area contributed by atoms with Gasteiger partial charge in [-0.05, 0) is 30.3 Å². The first kappa shape index (κ1) is 18.7. The van der Waals surface area contributed by atoms with Crippen LogP contribution in [0, 0.1) is 0 Å². The fourth-order valence-corrected chi connectivity index (χ4v) is 3.31. The molecule has 6 heteroatoms. The van der Waals surface area contributed by atoms with Crippen LogP contribution in [-0.4, -0.2) is 55.1 Å². The van der Waals surface area contributed by atoms with E-state index in [0.29, 0.717) is 13.0 Å². The molecule has 0 saturated carbocycles. The van der Waals surface area contributed by atoms with Crippen LogP contribution in [0.3, 0.4) is 0 Å². The molecule has 0 aliphatic carbocycles. The van der Waals surface area contributed by atoms with Gasteiger partial charge in [-0.3, -0.25) is 14.7 Å². The lowest BCUT2D eigenvalue weighted by Gasteiger charge is -2.36. The van der Waals surface area contributed by atoms with E-state index >= 15 is 0 Å². The van der Waals surface area contributed by atoms with Crippen LogP contribution >= 0.6 is 11.6 Å². The molecule has 1 fully saturated rings. The summed E-state index contributed by atoms with van der Waals surface area (Å²) >= 11 is 6.07. The van der Waals surface area contributed by atoms with Gasteiger partial charge < -0.3 is 10.2 Å². The highest BCUT2D eigenvalue weighted by Crippen LogP contribution is 2.20. The maximum Gasteiger partial charge on any atom is 0.221 e. The van der Waals surface area contributed by atoms with E-state index in [4.69, 9.17) is 11.6 Å². The molecule has 138 valence electrons.